The van der Waals surface area contributed by atoms with E-state index in [-0.39, 0.29) is 22.3 Å². The molecule has 5 nitrogen and oxygen atoms in total. The molecule has 1 aromatic heterocycles. The molecule has 0 saturated carbocycles. The van der Waals surface area contributed by atoms with Crippen molar-refractivity contribution in [2.45, 2.75) is 27.2 Å². The first kappa shape index (κ1) is 22.1. The number of amides is 1. The van der Waals surface area contributed by atoms with Gasteiger partial charge in [-0.05, 0) is 41.8 Å². The SMILES string of the molecule is CC1(C)C(c2ccc(C(=O)O)cc2)=CC[C@@]2(C)CN(C(=O)c3cccc4cccnc34)CC=C12. The van der Waals surface area contributed by atoms with Crippen molar-refractivity contribution in [3.8, 4) is 0 Å². The van der Waals surface area contributed by atoms with Crippen LogP contribution >= 0.6 is 0 Å². The van der Waals surface area contributed by atoms with E-state index in [9.17, 15) is 14.7 Å². The minimum atomic E-state index is -0.919. The van der Waals surface area contributed by atoms with E-state index in [0.29, 0.717) is 18.7 Å². The van der Waals surface area contributed by atoms with Crippen molar-refractivity contribution in [3.05, 3.63) is 95.2 Å². The fourth-order valence-electron chi connectivity index (χ4n) is 5.80. The minimum Gasteiger partial charge on any atom is -0.478 e. The molecule has 1 atom stereocenters. The largest absolute Gasteiger partial charge is 0.478 e. The standard InChI is InChI=1S/C29H28N2O3/c1-28(2)23(19-9-11-21(12-10-19)27(33)34)13-15-29(3)18-31(17-14-24(28)29)26(32)22-8-4-6-20-7-5-16-30-25(20)22/h4-14,16H,15,17-18H2,1-3H3,(H,33,34)/t29-/m0/s1. The summed E-state index contributed by atoms with van der Waals surface area (Å²) in [5, 5.41) is 10.2. The number of rotatable bonds is 3. The van der Waals surface area contributed by atoms with Crippen LogP contribution in [0.25, 0.3) is 16.5 Å². The van der Waals surface area contributed by atoms with Crippen molar-refractivity contribution in [1.29, 1.82) is 0 Å². The van der Waals surface area contributed by atoms with Gasteiger partial charge in [-0.25, -0.2) is 4.79 Å². The van der Waals surface area contributed by atoms with Gasteiger partial charge < -0.3 is 10.0 Å². The molecule has 34 heavy (non-hydrogen) atoms. The van der Waals surface area contributed by atoms with Crippen molar-refractivity contribution in [2.24, 2.45) is 10.8 Å². The van der Waals surface area contributed by atoms with E-state index in [1.54, 1.807) is 18.3 Å². The van der Waals surface area contributed by atoms with Crippen molar-refractivity contribution >= 4 is 28.4 Å². The lowest BCUT2D eigenvalue weighted by molar-refractivity contribution is 0.0680. The van der Waals surface area contributed by atoms with Crippen molar-refractivity contribution < 1.29 is 14.7 Å². The van der Waals surface area contributed by atoms with Crippen LogP contribution in [0.2, 0.25) is 0 Å². The molecule has 0 fully saturated rings. The smallest absolute Gasteiger partial charge is 0.335 e. The Kier molecular flexibility index (Phi) is 5.16. The summed E-state index contributed by atoms with van der Waals surface area (Å²) >= 11 is 0. The van der Waals surface area contributed by atoms with Gasteiger partial charge in [0.2, 0.25) is 0 Å². The van der Waals surface area contributed by atoms with Gasteiger partial charge in [-0.3, -0.25) is 9.78 Å². The molecule has 0 spiro atoms. The van der Waals surface area contributed by atoms with Crippen LogP contribution in [0.5, 0.6) is 0 Å². The molecule has 1 amide bonds. The van der Waals surface area contributed by atoms with E-state index < -0.39 is 5.97 Å². The predicted molar refractivity (Wildman–Crippen MR) is 134 cm³/mol. The van der Waals surface area contributed by atoms with Crippen LogP contribution in [0.3, 0.4) is 0 Å². The second-order valence-electron chi connectivity index (χ2n) is 10.1. The van der Waals surface area contributed by atoms with Gasteiger partial charge in [0, 0.05) is 35.5 Å². The van der Waals surface area contributed by atoms with E-state index in [2.05, 4.69) is 37.9 Å². The third-order valence-corrected chi connectivity index (χ3v) is 7.40. The molecule has 5 heteroatoms. The summed E-state index contributed by atoms with van der Waals surface area (Å²) < 4.78 is 0. The summed E-state index contributed by atoms with van der Waals surface area (Å²) in [4.78, 5) is 31.2. The van der Waals surface area contributed by atoms with Crippen LogP contribution in [-0.4, -0.2) is 40.0 Å². The van der Waals surface area contributed by atoms with Gasteiger partial charge in [0.05, 0.1) is 16.6 Å². The zero-order valence-corrected chi connectivity index (χ0v) is 19.7. The summed E-state index contributed by atoms with van der Waals surface area (Å²) in [6.45, 7) is 7.88. The molecule has 0 saturated heterocycles. The number of hydrogen-bond donors (Lipinski definition) is 1. The van der Waals surface area contributed by atoms with Gasteiger partial charge in [0.1, 0.15) is 0 Å². The van der Waals surface area contributed by atoms with Crippen LogP contribution in [0.4, 0.5) is 0 Å². The molecule has 1 aliphatic heterocycles. The Hall–Kier alpha value is -3.73. The van der Waals surface area contributed by atoms with E-state index in [1.165, 1.54) is 11.1 Å². The second-order valence-corrected chi connectivity index (χ2v) is 10.1. The molecule has 1 N–H and O–H groups in total. The van der Waals surface area contributed by atoms with Crippen LogP contribution < -0.4 is 0 Å². The Labute approximate surface area is 199 Å². The predicted octanol–water partition coefficient (Wildman–Crippen LogP) is 5.84. The monoisotopic (exact) mass is 452 g/mol. The number of carbonyl (C=O) groups excluding carboxylic acids is 1. The van der Waals surface area contributed by atoms with Gasteiger partial charge >= 0.3 is 5.97 Å². The van der Waals surface area contributed by atoms with Crippen LogP contribution in [0, 0.1) is 10.8 Å². The maximum Gasteiger partial charge on any atom is 0.335 e. The molecular weight excluding hydrogens is 424 g/mol. The molecule has 2 aromatic carbocycles. The molecular formula is C29H28N2O3. The van der Waals surface area contributed by atoms with Gasteiger partial charge in [0.15, 0.2) is 0 Å². The summed E-state index contributed by atoms with van der Waals surface area (Å²) in [7, 11) is 0. The lowest BCUT2D eigenvalue weighted by Crippen LogP contribution is -2.48. The fraction of sp³-hybridized carbons (Fsp3) is 0.276. The molecule has 2 heterocycles. The molecule has 5 rings (SSSR count). The summed E-state index contributed by atoms with van der Waals surface area (Å²) in [6, 6.07) is 16.7. The lowest BCUT2D eigenvalue weighted by Gasteiger charge is -2.50. The van der Waals surface area contributed by atoms with Gasteiger partial charge in [-0.2, -0.15) is 0 Å². The number of hydrogen-bond acceptors (Lipinski definition) is 3. The molecule has 0 bridgehead atoms. The van der Waals surface area contributed by atoms with E-state index in [0.717, 1.165) is 22.9 Å². The fourth-order valence-corrected chi connectivity index (χ4v) is 5.80. The zero-order valence-electron chi connectivity index (χ0n) is 19.7. The highest BCUT2D eigenvalue weighted by atomic mass is 16.4. The van der Waals surface area contributed by atoms with E-state index in [1.807, 2.05) is 47.4 Å². The van der Waals surface area contributed by atoms with Gasteiger partial charge in [-0.15, -0.1) is 0 Å². The number of pyridine rings is 1. The Bertz CT molecular complexity index is 1360. The summed E-state index contributed by atoms with van der Waals surface area (Å²) in [5.41, 5.74) is 4.85. The molecule has 3 aromatic rings. The Morgan fingerprint density at radius 2 is 1.71 bits per heavy atom. The number of aromatic carboxylic acids is 1. The number of carbonyl (C=O) groups is 2. The number of allylic oxidation sites excluding steroid dienone is 2. The molecule has 0 unspecified atom stereocenters. The maximum absolute atomic E-state index is 13.6. The number of carboxylic acid groups (broad SMARTS) is 1. The highest BCUT2D eigenvalue weighted by molar-refractivity contribution is 6.05. The second kappa shape index (κ2) is 7.94. The van der Waals surface area contributed by atoms with Gasteiger partial charge in [-0.1, -0.05) is 68.8 Å². The van der Waals surface area contributed by atoms with Crippen molar-refractivity contribution in [2.75, 3.05) is 13.1 Å². The first-order valence-electron chi connectivity index (χ1n) is 11.6. The number of carboxylic acids is 1. The molecule has 1 aliphatic carbocycles. The van der Waals surface area contributed by atoms with Crippen LogP contribution in [-0.2, 0) is 0 Å². The highest BCUT2D eigenvalue weighted by Gasteiger charge is 2.46. The third kappa shape index (κ3) is 3.52. The van der Waals surface area contributed by atoms with Crippen molar-refractivity contribution in [1.82, 2.24) is 9.88 Å². The average molecular weight is 453 g/mol. The quantitative estimate of drug-likeness (QED) is 0.507. The van der Waals surface area contributed by atoms with Crippen LogP contribution in [0.1, 0.15) is 53.5 Å². The number of aromatic nitrogens is 1. The van der Waals surface area contributed by atoms with Gasteiger partial charge in [0.25, 0.3) is 5.91 Å². The normalized spacial score (nSPS) is 21.4. The topological polar surface area (TPSA) is 70.5 Å². The zero-order chi connectivity index (χ0) is 24.1. The number of nitrogens with zero attached hydrogens (tertiary/aromatic N) is 2. The van der Waals surface area contributed by atoms with E-state index in [4.69, 9.17) is 0 Å². The molecule has 172 valence electrons. The minimum absolute atomic E-state index is 0.0117. The average Bonchev–Trinajstić information content (AvgIpc) is 2.82. The Morgan fingerprint density at radius 3 is 2.44 bits per heavy atom. The summed E-state index contributed by atoms with van der Waals surface area (Å²) in [5.74, 6) is -0.908. The first-order valence-corrected chi connectivity index (χ1v) is 11.6. The first-order chi connectivity index (χ1) is 16.2. The molecule has 2 aliphatic rings. The number of benzene rings is 2. The maximum atomic E-state index is 13.6. The Balaban J connectivity index is 1.45. The lowest BCUT2D eigenvalue weighted by atomic mass is 9.58. The highest BCUT2D eigenvalue weighted by Crippen LogP contribution is 2.55. The van der Waals surface area contributed by atoms with Crippen molar-refractivity contribution in [3.63, 3.8) is 0 Å². The number of para-hydroxylation sites is 1. The van der Waals surface area contributed by atoms with E-state index >= 15 is 0 Å². The van der Waals surface area contributed by atoms with Crippen LogP contribution in [0.15, 0.2) is 78.5 Å². The summed E-state index contributed by atoms with van der Waals surface area (Å²) in [6.07, 6.45) is 7.03. The third-order valence-electron chi connectivity index (χ3n) is 7.40. The number of fused-ring (bicyclic) bond motifs is 2. The molecule has 0 radical (unpaired) electrons. The Morgan fingerprint density at radius 1 is 0.971 bits per heavy atom.